The third-order valence-corrected chi connectivity index (χ3v) is 5.77. The van der Waals surface area contributed by atoms with Crippen molar-refractivity contribution in [2.75, 3.05) is 27.4 Å². The van der Waals surface area contributed by atoms with Crippen molar-refractivity contribution in [2.45, 2.75) is 13.5 Å². The molecule has 1 fully saturated rings. The maximum Gasteiger partial charge on any atom is 0.266 e. The van der Waals surface area contributed by atoms with E-state index >= 15 is 0 Å². The third-order valence-electron chi connectivity index (χ3n) is 4.39. The van der Waals surface area contributed by atoms with E-state index in [1.54, 1.807) is 19.1 Å². The minimum absolute atomic E-state index is 0.101. The normalized spacial score (nSPS) is 15.3. The Kier molecular flexibility index (Phi) is 7.30. The van der Waals surface area contributed by atoms with Gasteiger partial charge in [-0.05, 0) is 36.3 Å². The van der Waals surface area contributed by atoms with Crippen LogP contribution in [0.5, 0.6) is 11.5 Å². The molecule has 0 saturated carbocycles. The predicted octanol–water partition coefficient (Wildman–Crippen LogP) is 4.43. The first-order valence-electron chi connectivity index (χ1n) is 9.12. The Bertz CT molecular complexity index is 925. The third kappa shape index (κ3) is 5.38. The number of thiocarbonyl (C=S) groups is 1. The van der Waals surface area contributed by atoms with Crippen molar-refractivity contribution in [3.8, 4) is 11.5 Å². The van der Waals surface area contributed by atoms with Gasteiger partial charge in [-0.15, -0.1) is 0 Å². The highest BCUT2D eigenvalue weighted by Gasteiger charge is 2.31. The van der Waals surface area contributed by atoms with Crippen LogP contribution in [0.15, 0.2) is 47.4 Å². The molecule has 0 N–H and O–H groups in total. The number of thioether (sulfide) groups is 1. The van der Waals surface area contributed by atoms with Gasteiger partial charge in [-0.3, -0.25) is 9.69 Å². The molecule has 1 saturated heterocycles. The fourth-order valence-electron chi connectivity index (χ4n) is 2.77. The number of hydrogen-bond donors (Lipinski definition) is 0. The van der Waals surface area contributed by atoms with Gasteiger partial charge in [0.2, 0.25) is 0 Å². The standard InChI is InChI=1S/C22H23NO4S2/c1-15-4-6-16(7-5-15)14-27-18-9-8-17(12-19(18)26-3)13-20-21(24)23(10-11-25-2)22(28)29-20/h4-9,12-13H,10-11,14H2,1-3H3/b20-13-. The maximum atomic E-state index is 12.6. The second-order valence-corrected chi connectivity index (χ2v) is 8.19. The Morgan fingerprint density at radius 2 is 1.86 bits per heavy atom. The van der Waals surface area contributed by atoms with Crippen molar-refractivity contribution < 1.29 is 19.0 Å². The van der Waals surface area contributed by atoms with E-state index in [0.717, 1.165) is 11.1 Å². The molecular formula is C22H23NO4S2. The summed E-state index contributed by atoms with van der Waals surface area (Å²) < 4.78 is 17.0. The lowest BCUT2D eigenvalue weighted by atomic mass is 10.1. The fraction of sp³-hybridized carbons (Fsp3) is 0.273. The maximum absolute atomic E-state index is 12.6. The van der Waals surface area contributed by atoms with E-state index < -0.39 is 0 Å². The summed E-state index contributed by atoms with van der Waals surface area (Å²) in [6.45, 7) is 3.40. The van der Waals surface area contributed by atoms with E-state index in [9.17, 15) is 4.79 Å². The molecule has 1 amide bonds. The molecule has 2 aromatic rings. The molecule has 1 aliphatic rings. The highest BCUT2D eigenvalue weighted by atomic mass is 32.2. The number of benzene rings is 2. The van der Waals surface area contributed by atoms with Crippen molar-refractivity contribution in [1.29, 1.82) is 0 Å². The zero-order valence-corrected chi connectivity index (χ0v) is 18.3. The summed E-state index contributed by atoms with van der Waals surface area (Å²) in [7, 11) is 3.20. The molecule has 1 aliphatic heterocycles. The van der Waals surface area contributed by atoms with Crippen molar-refractivity contribution in [2.24, 2.45) is 0 Å². The molecular weight excluding hydrogens is 406 g/mol. The first-order valence-corrected chi connectivity index (χ1v) is 10.3. The Balaban J connectivity index is 1.73. The zero-order valence-electron chi connectivity index (χ0n) is 16.6. The summed E-state index contributed by atoms with van der Waals surface area (Å²) in [5, 5.41) is 0. The predicted molar refractivity (Wildman–Crippen MR) is 120 cm³/mol. The smallest absolute Gasteiger partial charge is 0.266 e. The topological polar surface area (TPSA) is 48.0 Å². The second kappa shape index (κ2) is 9.91. The van der Waals surface area contributed by atoms with E-state index in [0.29, 0.717) is 40.5 Å². The van der Waals surface area contributed by atoms with E-state index in [4.69, 9.17) is 26.4 Å². The molecule has 2 aromatic carbocycles. The van der Waals surface area contributed by atoms with Gasteiger partial charge in [0.15, 0.2) is 11.5 Å². The van der Waals surface area contributed by atoms with Crippen LogP contribution in [0.1, 0.15) is 16.7 Å². The van der Waals surface area contributed by atoms with Crippen LogP contribution < -0.4 is 9.47 Å². The minimum Gasteiger partial charge on any atom is -0.493 e. The molecule has 29 heavy (non-hydrogen) atoms. The summed E-state index contributed by atoms with van der Waals surface area (Å²) >= 11 is 6.60. The highest BCUT2D eigenvalue weighted by Crippen LogP contribution is 2.34. The lowest BCUT2D eigenvalue weighted by molar-refractivity contribution is -0.122. The number of carbonyl (C=O) groups excluding carboxylic acids is 1. The number of methoxy groups -OCH3 is 2. The molecule has 0 radical (unpaired) electrons. The van der Waals surface area contributed by atoms with Gasteiger partial charge in [0, 0.05) is 7.11 Å². The van der Waals surface area contributed by atoms with E-state index in [-0.39, 0.29) is 5.91 Å². The number of hydrogen-bond acceptors (Lipinski definition) is 6. The summed E-state index contributed by atoms with van der Waals surface area (Å²) in [6.07, 6.45) is 1.82. The van der Waals surface area contributed by atoms with Crippen LogP contribution in [0.3, 0.4) is 0 Å². The lowest BCUT2D eigenvalue weighted by Gasteiger charge is -2.13. The van der Waals surface area contributed by atoms with Gasteiger partial charge in [-0.2, -0.15) is 0 Å². The quantitative estimate of drug-likeness (QED) is 0.457. The summed E-state index contributed by atoms with van der Waals surface area (Å²) in [5.41, 5.74) is 3.14. The first kappa shape index (κ1) is 21.4. The summed E-state index contributed by atoms with van der Waals surface area (Å²) in [5.74, 6) is 1.16. The molecule has 0 unspecified atom stereocenters. The monoisotopic (exact) mass is 429 g/mol. The highest BCUT2D eigenvalue weighted by molar-refractivity contribution is 8.26. The molecule has 1 heterocycles. The van der Waals surface area contributed by atoms with Crippen molar-refractivity contribution in [3.05, 3.63) is 64.1 Å². The fourth-order valence-corrected chi connectivity index (χ4v) is 4.07. The Morgan fingerprint density at radius 3 is 2.55 bits per heavy atom. The average molecular weight is 430 g/mol. The number of amides is 1. The minimum atomic E-state index is -0.101. The van der Waals surface area contributed by atoms with E-state index in [1.165, 1.54) is 17.3 Å². The number of carbonyl (C=O) groups is 1. The van der Waals surface area contributed by atoms with Gasteiger partial charge < -0.3 is 14.2 Å². The Hall–Kier alpha value is -2.35. The molecule has 7 heteroatoms. The second-order valence-electron chi connectivity index (χ2n) is 6.51. The molecule has 3 rings (SSSR count). The van der Waals surface area contributed by atoms with Crippen molar-refractivity contribution in [3.63, 3.8) is 0 Å². The van der Waals surface area contributed by atoms with Gasteiger partial charge in [-0.1, -0.05) is 59.9 Å². The molecule has 5 nitrogen and oxygen atoms in total. The van der Waals surface area contributed by atoms with E-state index in [1.807, 2.05) is 36.4 Å². The van der Waals surface area contributed by atoms with Crippen LogP contribution in [0.25, 0.3) is 6.08 Å². The van der Waals surface area contributed by atoms with Crippen LogP contribution >= 0.6 is 24.0 Å². The van der Waals surface area contributed by atoms with Crippen LogP contribution in [0.4, 0.5) is 0 Å². The summed E-state index contributed by atoms with van der Waals surface area (Å²) in [4.78, 5) is 14.7. The van der Waals surface area contributed by atoms with Gasteiger partial charge in [-0.25, -0.2) is 0 Å². The van der Waals surface area contributed by atoms with Gasteiger partial charge in [0.25, 0.3) is 5.91 Å². The molecule has 0 spiro atoms. The van der Waals surface area contributed by atoms with Gasteiger partial charge in [0.1, 0.15) is 10.9 Å². The summed E-state index contributed by atoms with van der Waals surface area (Å²) in [6, 6.07) is 13.8. The van der Waals surface area contributed by atoms with Gasteiger partial charge in [0.05, 0.1) is 25.2 Å². The largest absolute Gasteiger partial charge is 0.493 e. The molecule has 0 bridgehead atoms. The molecule has 0 aromatic heterocycles. The van der Waals surface area contributed by atoms with Crippen molar-refractivity contribution in [1.82, 2.24) is 4.90 Å². The van der Waals surface area contributed by atoms with Crippen LogP contribution in [-0.2, 0) is 16.1 Å². The van der Waals surface area contributed by atoms with Crippen LogP contribution in [-0.4, -0.2) is 42.5 Å². The van der Waals surface area contributed by atoms with Crippen molar-refractivity contribution >= 4 is 40.3 Å². The van der Waals surface area contributed by atoms with E-state index in [2.05, 4.69) is 19.1 Å². The average Bonchev–Trinajstić information content (AvgIpc) is 2.99. The van der Waals surface area contributed by atoms with Crippen LogP contribution in [0.2, 0.25) is 0 Å². The Labute approximate surface area is 180 Å². The molecule has 152 valence electrons. The van der Waals surface area contributed by atoms with Crippen LogP contribution in [0, 0.1) is 6.92 Å². The molecule has 0 atom stereocenters. The number of ether oxygens (including phenoxy) is 3. The Morgan fingerprint density at radius 1 is 1.10 bits per heavy atom. The molecule has 0 aliphatic carbocycles. The number of rotatable bonds is 8. The van der Waals surface area contributed by atoms with Gasteiger partial charge >= 0.3 is 0 Å². The first-order chi connectivity index (χ1) is 14.0. The number of nitrogens with zero attached hydrogens (tertiary/aromatic N) is 1. The zero-order chi connectivity index (χ0) is 20.8. The number of aryl methyl sites for hydroxylation is 1. The lowest BCUT2D eigenvalue weighted by Crippen LogP contribution is -2.31. The SMILES string of the molecule is COCCN1C(=O)/C(=C/c2ccc(OCc3ccc(C)cc3)c(OC)c2)SC1=S.